The molecule has 1 fully saturated rings. The first-order valence-corrected chi connectivity index (χ1v) is 6.10. The second-order valence-corrected chi connectivity index (χ2v) is 5.00. The monoisotopic (exact) mass is 243 g/mol. The van der Waals surface area contributed by atoms with E-state index in [1.165, 1.54) is 18.4 Å². The Balaban J connectivity index is 2.18. The summed E-state index contributed by atoms with van der Waals surface area (Å²) in [5.74, 6) is 0. The molecule has 1 aliphatic rings. The number of hydrogen-bond acceptors (Lipinski definition) is 1. The van der Waals surface area contributed by atoms with Crippen LogP contribution >= 0.6 is 23.2 Å². The van der Waals surface area contributed by atoms with E-state index in [1.807, 2.05) is 12.1 Å². The van der Waals surface area contributed by atoms with Crippen molar-refractivity contribution in [2.75, 3.05) is 13.1 Å². The van der Waals surface area contributed by atoms with Gasteiger partial charge < -0.3 is 5.32 Å². The fraction of sp³-hybridized carbons (Fsp3) is 0.500. The highest BCUT2D eigenvalue weighted by molar-refractivity contribution is 6.42. The molecular weight excluding hydrogens is 229 g/mol. The zero-order chi connectivity index (χ0) is 10.9. The summed E-state index contributed by atoms with van der Waals surface area (Å²) in [6.07, 6.45) is 2.50. The molecule has 1 N–H and O–H groups in total. The zero-order valence-corrected chi connectivity index (χ0v) is 10.3. The molecule has 0 aromatic heterocycles. The first kappa shape index (κ1) is 11.3. The standard InChI is InChI=1S/C12H15Cl2N/c1-2-15-8-12(5-6-12)9-3-4-10(13)11(14)7-9/h3-4,7,15H,2,5-6,8H2,1H3. The highest BCUT2D eigenvalue weighted by atomic mass is 35.5. The highest BCUT2D eigenvalue weighted by Crippen LogP contribution is 2.48. The smallest absolute Gasteiger partial charge is 0.0595 e. The van der Waals surface area contributed by atoms with Gasteiger partial charge in [0.05, 0.1) is 10.0 Å². The van der Waals surface area contributed by atoms with Gasteiger partial charge in [0.15, 0.2) is 0 Å². The molecule has 1 aromatic rings. The van der Waals surface area contributed by atoms with Crippen molar-refractivity contribution in [3.05, 3.63) is 33.8 Å². The number of hydrogen-bond donors (Lipinski definition) is 1. The van der Waals surface area contributed by atoms with Crippen LogP contribution in [0.15, 0.2) is 18.2 Å². The molecule has 1 aromatic carbocycles. The van der Waals surface area contributed by atoms with Crippen LogP contribution in [0.3, 0.4) is 0 Å². The Morgan fingerprint density at radius 2 is 2.00 bits per heavy atom. The van der Waals surface area contributed by atoms with Gasteiger partial charge in [0.2, 0.25) is 0 Å². The Morgan fingerprint density at radius 1 is 1.27 bits per heavy atom. The molecule has 1 saturated carbocycles. The SMILES string of the molecule is CCNCC1(c2ccc(Cl)c(Cl)c2)CC1. The van der Waals surface area contributed by atoms with Crippen molar-refractivity contribution in [2.24, 2.45) is 0 Å². The van der Waals surface area contributed by atoms with E-state index in [9.17, 15) is 0 Å². The Kier molecular flexibility index (Phi) is 3.24. The van der Waals surface area contributed by atoms with Crippen molar-refractivity contribution in [2.45, 2.75) is 25.2 Å². The van der Waals surface area contributed by atoms with E-state index < -0.39 is 0 Å². The van der Waals surface area contributed by atoms with Gasteiger partial charge in [-0.05, 0) is 37.1 Å². The lowest BCUT2D eigenvalue weighted by Gasteiger charge is -2.16. The summed E-state index contributed by atoms with van der Waals surface area (Å²) in [7, 11) is 0. The maximum atomic E-state index is 6.03. The Hall–Kier alpha value is -0.240. The van der Waals surface area contributed by atoms with Crippen LogP contribution in [0.5, 0.6) is 0 Å². The Labute approximate surface area is 101 Å². The Bertz CT molecular complexity index is 359. The summed E-state index contributed by atoms with van der Waals surface area (Å²) in [5, 5.41) is 4.71. The summed E-state index contributed by atoms with van der Waals surface area (Å²) in [4.78, 5) is 0. The van der Waals surface area contributed by atoms with Crippen LogP contribution < -0.4 is 5.32 Å². The van der Waals surface area contributed by atoms with Crippen LogP contribution in [0.4, 0.5) is 0 Å². The van der Waals surface area contributed by atoms with Crippen LogP contribution in [0, 0.1) is 0 Å². The number of halogens is 2. The topological polar surface area (TPSA) is 12.0 Å². The summed E-state index contributed by atoms with van der Waals surface area (Å²) in [6.45, 7) is 4.19. The minimum absolute atomic E-state index is 0.324. The van der Waals surface area contributed by atoms with Crippen molar-refractivity contribution in [3.8, 4) is 0 Å². The summed E-state index contributed by atoms with van der Waals surface area (Å²) < 4.78 is 0. The van der Waals surface area contributed by atoms with Gasteiger partial charge in [-0.15, -0.1) is 0 Å². The van der Waals surface area contributed by atoms with Crippen LogP contribution in [-0.4, -0.2) is 13.1 Å². The second-order valence-electron chi connectivity index (χ2n) is 4.19. The normalized spacial score (nSPS) is 17.8. The van der Waals surface area contributed by atoms with Gasteiger partial charge in [0.25, 0.3) is 0 Å². The molecule has 0 unspecified atom stereocenters. The fourth-order valence-electron chi connectivity index (χ4n) is 1.91. The van der Waals surface area contributed by atoms with Gasteiger partial charge in [-0.2, -0.15) is 0 Å². The molecule has 0 spiro atoms. The first-order chi connectivity index (χ1) is 7.18. The highest BCUT2D eigenvalue weighted by Gasteiger charge is 2.43. The van der Waals surface area contributed by atoms with E-state index in [0.29, 0.717) is 15.5 Å². The van der Waals surface area contributed by atoms with Crippen LogP contribution in [0.1, 0.15) is 25.3 Å². The van der Waals surface area contributed by atoms with Gasteiger partial charge >= 0.3 is 0 Å². The molecule has 82 valence electrons. The maximum absolute atomic E-state index is 6.03. The van der Waals surface area contributed by atoms with E-state index in [0.717, 1.165) is 13.1 Å². The lowest BCUT2D eigenvalue weighted by atomic mass is 9.96. The molecule has 0 heterocycles. The third-order valence-electron chi connectivity index (χ3n) is 3.10. The Morgan fingerprint density at radius 3 is 2.53 bits per heavy atom. The largest absolute Gasteiger partial charge is 0.316 e. The molecule has 3 heteroatoms. The average molecular weight is 244 g/mol. The summed E-state index contributed by atoms with van der Waals surface area (Å²) in [6, 6.07) is 6.00. The zero-order valence-electron chi connectivity index (χ0n) is 8.82. The van der Waals surface area contributed by atoms with Crippen molar-refractivity contribution in [1.82, 2.24) is 5.32 Å². The molecule has 0 radical (unpaired) electrons. The lowest BCUT2D eigenvalue weighted by molar-refractivity contribution is 0.591. The molecule has 2 rings (SSSR count). The molecule has 15 heavy (non-hydrogen) atoms. The van der Waals surface area contributed by atoms with Crippen LogP contribution in [-0.2, 0) is 5.41 Å². The molecule has 0 atom stereocenters. The van der Waals surface area contributed by atoms with Gasteiger partial charge in [0.1, 0.15) is 0 Å². The third kappa shape index (κ3) is 2.30. The minimum Gasteiger partial charge on any atom is -0.316 e. The average Bonchev–Trinajstić information content (AvgIpc) is 3.00. The number of likely N-dealkylation sites (N-methyl/N-ethyl adjacent to an activating group) is 1. The van der Waals surface area contributed by atoms with E-state index in [1.54, 1.807) is 0 Å². The van der Waals surface area contributed by atoms with Crippen molar-refractivity contribution in [1.29, 1.82) is 0 Å². The molecule has 1 nitrogen and oxygen atoms in total. The maximum Gasteiger partial charge on any atom is 0.0595 e. The minimum atomic E-state index is 0.324. The molecule has 0 amide bonds. The van der Waals surface area contributed by atoms with E-state index in [4.69, 9.17) is 23.2 Å². The predicted molar refractivity (Wildman–Crippen MR) is 65.9 cm³/mol. The summed E-state index contributed by atoms with van der Waals surface area (Å²) >= 11 is 11.9. The number of benzene rings is 1. The lowest BCUT2D eigenvalue weighted by Crippen LogP contribution is -2.26. The van der Waals surface area contributed by atoms with Gasteiger partial charge in [-0.3, -0.25) is 0 Å². The molecule has 0 saturated heterocycles. The number of rotatable bonds is 4. The quantitative estimate of drug-likeness (QED) is 0.852. The van der Waals surface area contributed by atoms with Gasteiger partial charge in [0, 0.05) is 12.0 Å². The van der Waals surface area contributed by atoms with Gasteiger partial charge in [-0.1, -0.05) is 36.2 Å². The molecule has 0 bridgehead atoms. The van der Waals surface area contributed by atoms with Gasteiger partial charge in [-0.25, -0.2) is 0 Å². The second kappa shape index (κ2) is 4.32. The van der Waals surface area contributed by atoms with E-state index in [-0.39, 0.29) is 0 Å². The van der Waals surface area contributed by atoms with Crippen molar-refractivity contribution < 1.29 is 0 Å². The van der Waals surface area contributed by atoms with Crippen molar-refractivity contribution in [3.63, 3.8) is 0 Å². The predicted octanol–water partition coefficient (Wildman–Crippen LogP) is 3.63. The number of nitrogens with one attached hydrogen (secondary N) is 1. The van der Waals surface area contributed by atoms with Crippen molar-refractivity contribution >= 4 is 23.2 Å². The third-order valence-corrected chi connectivity index (χ3v) is 3.84. The fourth-order valence-corrected chi connectivity index (χ4v) is 2.21. The van der Waals surface area contributed by atoms with E-state index in [2.05, 4.69) is 18.3 Å². The summed E-state index contributed by atoms with van der Waals surface area (Å²) in [5.41, 5.74) is 1.64. The molecule has 1 aliphatic carbocycles. The molecular formula is C12H15Cl2N. The van der Waals surface area contributed by atoms with Crippen LogP contribution in [0.2, 0.25) is 10.0 Å². The molecule has 0 aliphatic heterocycles. The van der Waals surface area contributed by atoms with Crippen LogP contribution in [0.25, 0.3) is 0 Å². The van der Waals surface area contributed by atoms with E-state index >= 15 is 0 Å². The first-order valence-electron chi connectivity index (χ1n) is 5.34.